The molecule has 2 amide bonds. The first-order valence-corrected chi connectivity index (χ1v) is 8.78. The fourth-order valence-corrected chi connectivity index (χ4v) is 3.39. The number of piperazine rings is 2. The Balaban J connectivity index is 1.44. The number of hydrogen-bond acceptors (Lipinski definition) is 3. The SMILES string of the molecule is CCN1CCN(C(=O)N2CCN(Cc3ccccc3)CC2)CC1. The molecule has 2 saturated heterocycles. The summed E-state index contributed by atoms with van der Waals surface area (Å²) in [7, 11) is 0. The molecule has 0 unspecified atom stereocenters. The van der Waals surface area contributed by atoms with Gasteiger partial charge in [-0.05, 0) is 12.1 Å². The van der Waals surface area contributed by atoms with E-state index < -0.39 is 0 Å². The largest absolute Gasteiger partial charge is 0.322 e. The van der Waals surface area contributed by atoms with Crippen molar-refractivity contribution < 1.29 is 4.79 Å². The zero-order valence-electron chi connectivity index (χ0n) is 14.2. The topological polar surface area (TPSA) is 30.0 Å². The lowest BCUT2D eigenvalue weighted by molar-refractivity contribution is 0.0898. The molecule has 2 aliphatic heterocycles. The van der Waals surface area contributed by atoms with E-state index in [4.69, 9.17) is 0 Å². The number of carbonyl (C=O) groups is 1. The highest BCUT2D eigenvalue weighted by Gasteiger charge is 2.27. The van der Waals surface area contributed by atoms with Gasteiger partial charge in [-0.3, -0.25) is 4.90 Å². The molecule has 2 aliphatic rings. The molecule has 23 heavy (non-hydrogen) atoms. The van der Waals surface area contributed by atoms with Crippen LogP contribution in [0.3, 0.4) is 0 Å². The molecule has 0 aromatic heterocycles. The summed E-state index contributed by atoms with van der Waals surface area (Å²) in [5.41, 5.74) is 1.35. The summed E-state index contributed by atoms with van der Waals surface area (Å²) in [6.45, 7) is 11.6. The lowest BCUT2D eigenvalue weighted by atomic mass is 10.2. The molecular formula is C18H28N4O. The third-order valence-electron chi connectivity index (χ3n) is 4.98. The summed E-state index contributed by atoms with van der Waals surface area (Å²) >= 11 is 0. The molecule has 126 valence electrons. The van der Waals surface area contributed by atoms with E-state index in [-0.39, 0.29) is 6.03 Å². The van der Waals surface area contributed by atoms with Crippen molar-refractivity contribution in [2.45, 2.75) is 13.5 Å². The van der Waals surface area contributed by atoms with E-state index in [0.29, 0.717) is 0 Å². The van der Waals surface area contributed by atoms with Gasteiger partial charge in [-0.25, -0.2) is 4.79 Å². The number of nitrogens with zero attached hydrogens (tertiary/aromatic N) is 4. The molecule has 5 heteroatoms. The van der Waals surface area contributed by atoms with Gasteiger partial charge in [-0.15, -0.1) is 0 Å². The molecule has 3 rings (SSSR count). The van der Waals surface area contributed by atoms with Gasteiger partial charge < -0.3 is 14.7 Å². The van der Waals surface area contributed by atoms with Crippen LogP contribution in [-0.4, -0.2) is 84.5 Å². The van der Waals surface area contributed by atoms with Gasteiger partial charge >= 0.3 is 6.03 Å². The first-order chi connectivity index (χ1) is 11.3. The maximum Gasteiger partial charge on any atom is 0.320 e. The highest BCUT2D eigenvalue weighted by molar-refractivity contribution is 5.74. The second kappa shape index (κ2) is 7.79. The van der Waals surface area contributed by atoms with E-state index in [1.54, 1.807) is 0 Å². The number of benzene rings is 1. The average Bonchev–Trinajstić information content (AvgIpc) is 2.63. The molecule has 2 fully saturated rings. The summed E-state index contributed by atoms with van der Waals surface area (Å²) < 4.78 is 0. The quantitative estimate of drug-likeness (QED) is 0.848. The van der Waals surface area contributed by atoms with Gasteiger partial charge in [0, 0.05) is 58.9 Å². The summed E-state index contributed by atoms with van der Waals surface area (Å²) in [5.74, 6) is 0. The lowest BCUT2D eigenvalue weighted by Gasteiger charge is -2.40. The summed E-state index contributed by atoms with van der Waals surface area (Å²) in [6, 6.07) is 10.8. The average molecular weight is 316 g/mol. The molecule has 1 aromatic carbocycles. The lowest BCUT2D eigenvalue weighted by Crippen LogP contribution is -2.56. The smallest absolute Gasteiger partial charge is 0.320 e. The zero-order chi connectivity index (χ0) is 16.1. The fourth-order valence-electron chi connectivity index (χ4n) is 3.39. The Labute approximate surface area is 139 Å². The molecule has 1 aromatic rings. The standard InChI is InChI=1S/C18H28N4O/c1-2-19-8-12-21(13-9-19)18(23)22-14-10-20(11-15-22)16-17-6-4-3-5-7-17/h3-7H,2,8-16H2,1H3. The van der Waals surface area contributed by atoms with Gasteiger partial charge in [0.05, 0.1) is 0 Å². The maximum atomic E-state index is 12.6. The van der Waals surface area contributed by atoms with E-state index in [1.807, 2.05) is 9.80 Å². The summed E-state index contributed by atoms with van der Waals surface area (Å²) in [6.07, 6.45) is 0. The van der Waals surface area contributed by atoms with Crippen molar-refractivity contribution in [1.29, 1.82) is 0 Å². The normalized spacial score (nSPS) is 20.7. The third kappa shape index (κ3) is 4.24. The number of amides is 2. The Morgan fingerprint density at radius 2 is 1.35 bits per heavy atom. The maximum absolute atomic E-state index is 12.6. The molecule has 0 N–H and O–H groups in total. The Hall–Kier alpha value is -1.59. The van der Waals surface area contributed by atoms with Crippen LogP contribution in [0.4, 0.5) is 4.79 Å². The van der Waals surface area contributed by atoms with Crippen molar-refractivity contribution >= 4 is 6.03 Å². The molecule has 0 saturated carbocycles. The van der Waals surface area contributed by atoms with Crippen LogP contribution < -0.4 is 0 Å². The van der Waals surface area contributed by atoms with E-state index >= 15 is 0 Å². The first-order valence-electron chi connectivity index (χ1n) is 8.78. The van der Waals surface area contributed by atoms with Crippen molar-refractivity contribution in [3.63, 3.8) is 0 Å². The molecular weight excluding hydrogens is 288 g/mol. The van der Waals surface area contributed by atoms with Crippen LogP contribution >= 0.6 is 0 Å². The van der Waals surface area contributed by atoms with E-state index in [9.17, 15) is 4.79 Å². The minimum Gasteiger partial charge on any atom is -0.322 e. The Kier molecular flexibility index (Phi) is 5.51. The predicted molar refractivity (Wildman–Crippen MR) is 92.4 cm³/mol. The van der Waals surface area contributed by atoms with Crippen LogP contribution in [0.1, 0.15) is 12.5 Å². The highest BCUT2D eigenvalue weighted by Crippen LogP contribution is 2.11. The highest BCUT2D eigenvalue weighted by atomic mass is 16.2. The molecule has 0 spiro atoms. The second-order valence-electron chi connectivity index (χ2n) is 6.45. The molecule has 0 radical (unpaired) electrons. The zero-order valence-corrected chi connectivity index (χ0v) is 14.2. The number of likely N-dealkylation sites (N-methyl/N-ethyl adjacent to an activating group) is 1. The summed E-state index contributed by atoms with van der Waals surface area (Å²) in [5, 5.41) is 0. The van der Waals surface area contributed by atoms with Crippen molar-refractivity contribution in [2.24, 2.45) is 0 Å². The molecule has 0 aliphatic carbocycles. The van der Waals surface area contributed by atoms with E-state index in [2.05, 4.69) is 47.1 Å². The van der Waals surface area contributed by atoms with Crippen molar-refractivity contribution in [3.05, 3.63) is 35.9 Å². The summed E-state index contributed by atoms with van der Waals surface area (Å²) in [4.78, 5) is 21.5. The van der Waals surface area contributed by atoms with Crippen LogP contribution in [0.15, 0.2) is 30.3 Å². The van der Waals surface area contributed by atoms with Crippen molar-refractivity contribution in [3.8, 4) is 0 Å². The number of rotatable bonds is 3. The van der Waals surface area contributed by atoms with Crippen molar-refractivity contribution in [1.82, 2.24) is 19.6 Å². The van der Waals surface area contributed by atoms with Gasteiger partial charge in [-0.1, -0.05) is 37.3 Å². The fraction of sp³-hybridized carbons (Fsp3) is 0.611. The van der Waals surface area contributed by atoms with Crippen LogP contribution in [0.5, 0.6) is 0 Å². The van der Waals surface area contributed by atoms with Gasteiger partial charge in [0.25, 0.3) is 0 Å². The number of urea groups is 1. The van der Waals surface area contributed by atoms with Crippen LogP contribution in [0.25, 0.3) is 0 Å². The number of carbonyl (C=O) groups excluding carboxylic acids is 1. The van der Waals surface area contributed by atoms with Crippen LogP contribution in [-0.2, 0) is 6.54 Å². The van der Waals surface area contributed by atoms with Gasteiger partial charge in [0.1, 0.15) is 0 Å². The molecule has 0 atom stereocenters. The molecule has 0 bridgehead atoms. The minimum atomic E-state index is 0.236. The van der Waals surface area contributed by atoms with Gasteiger partial charge in [0.2, 0.25) is 0 Å². The predicted octanol–water partition coefficient (Wildman–Crippen LogP) is 1.56. The Bertz CT molecular complexity index is 491. The van der Waals surface area contributed by atoms with Crippen LogP contribution in [0.2, 0.25) is 0 Å². The van der Waals surface area contributed by atoms with Gasteiger partial charge in [0.15, 0.2) is 0 Å². The first kappa shape index (κ1) is 16.3. The Morgan fingerprint density at radius 3 is 1.87 bits per heavy atom. The Morgan fingerprint density at radius 1 is 0.826 bits per heavy atom. The monoisotopic (exact) mass is 316 g/mol. The van der Waals surface area contributed by atoms with Crippen LogP contribution in [0, 0.1) is 0 Å². The van der Waals surface area contributed by atoms with Gasteiger partial charge in [-0.2, -0.15) is 0 Å². The number of hydrogen-bond donors (Lipinski definition) is 0. The van der Waals surface area contributed by atoms with Crippen molar-refractivity contribution in [2.75, 3.05) is 58.9 Å². The van der Waals surface area contributed by atoms with E-state index in [0.717, 1.165) is 65.4 Å². The molecule has 5 nitrogen and oxygen atoms in total. The second-order valence-corrected chi connectivity index (χ2v) is 6.45. The third-order valence-corrected chi connectivity index (χ3v) is 4.98. The van der Waals surface area contributed by atoms with E-state index in [1.165, 1.54) is 5.56 Å². The molecule has 2 heterocycles. The minimum absolute atomic E-state index is 0.236.